The van der Waals surface area contributed by atoms with Crippen molar-refractivity contribution in [3.63, 3.8) is 0 Å². The Hall–Kier alpha value is -2.05. The van der Waals surface area contributed by atoms with Gasteiger partial charge in [-0.25, -0.2) is 4.79 Å². The molecule has 4 nitrogen and oxygen atoms in total. The molecule has 1 atom stereocenters. The first-order valence-electron chi connectivity index (χ1n) is 6.77. The second kappa shape index (κ2) is 5.30. The Labute approximate surface area is 125 Å². The Morgan fingerprint density at radius 1 is 1.27 bits per heavy atom. The first kappa shape index (κ1) is 16.3. The van der Waals surface area contributed by atoms with E-state index in [1.807, 2.05) is 0 Å². The summed E-state index contributed by atoms with van der Waals surface area (Å²) in [5.74, 6) is -3.37. The average Bonchev–Trinajstić information content (AvgIpc) is 2.73. The number of carbonyl (C=O) groups is 2. The predicted octanol–water partition coefficient (Wildman–Crippen LogP) is 3.19. The minimum Gasteiger partial charge on any atom is -0.478 e. The third-order valence-electron chi connectivity index (χ3n) is 4.19. The lowest BCUT2D eigenvalue weighted by Gasteiger charge is -2.36. The molecule has 1 fully saturated rings. The van der Waals surface area contributed by atoms with Gasteiger partial charge in [0.1, 0.15) is 0 Å². The van der Waals surface area contributed by atoms with Crippen molar-refractivity contribution in [3.8, 4) is 0 Å². The lowest BCUT2D eigenvalue weighted by Crippen LogP contribution is -2.49. The van der Waals surface area contributed by atoms with Crippen LogP contribution in [0.3, 0.4) is 0 Å². The monoisotopic (exact) mass is 315 g/mol. The van der Waals surface area contributed by atoms with E-state index in [1.165, 1.54) is 43.0 Å². The summed E-state index contributed by atoms with van der Waals surface area (Å²) < 4.78 is 39.1. The minimum absolute atomic E-state index is 0.00664. The number of likely N-dealkylation sites (tertiary alicyclic amines) is 1. The molecule has 7 heteroatoms. The van der Waals surface area contributed by atoms with Crippen molar-refractivity contribution < 1.29 is 27.9 Å². The van der Waals surface area contributed by atoms with Crippen molar-refractivity contribution in [3.05, 3.63) is 35.4 Å². The van der Waals surface area contributed by atoms with Gasteiger partial charge in [-0.15, -0.1) is 0 Å². The van der Waals surface area contributed by atoms with Gasteiger partial charge in [0.2, 0.25) is 0 Å². The van der Waals surface area contributed by atoms with Crippen LogP contribution < -0.4 is 0 Å². The number of nitrogens with zero attached hydrogens (tertiary/aromatic N) is 1. The van der Waals surface area contributed by atoms with Crippen molar-refractivity contribution in [1.29, 1.82) is 0 Å². The number of amides is 1. The highest BCUT2D eigenvalue weighted by molar-refractivity contribution is 5.98. The summed E-state index contributed by atoms with van der Waals surface area (Å²) in [4.78, 5) is 24.6. The topological polar surface area (TPSA) is 57.6 Å². The van der Waals surface area contributed by atoms with Crippen LogP contribution in [0.2, 0.25) is 0 Å². The van der Waals surface area contributed by atoms with Crippen LogP contribution in [0, 0.1) is 5.92 Å². The minimum atomic E-state index is -4.37. The predicted molar refractivity (Wildman–Crippen MR) is 72.7 cm³/mol. The average molecular weight is 315 g/mol. The summed E-state index contributed by atoms with van der Waals surface area (Å²) in [6.07, 6.45) is -4.53. The molecule has 2 rings (SSSR count). The van der Waals surface area contributed by atoms with Gasteiger partial charge in [-0.2, -0.15) is 13.2 Å². The maximum Gasteiger partial charge on any atom is 0.394 e. The van der Waals surface area contributed by atoms with Gasteiger partial charge in [0.05, 0.1) is 11.5 Å². The first-order valence-corrected chi connectivity index (χ1v) is 6.77. The molecule has 1 N–H and O–H groups in total. The number of aromatic carboxylic acids is 1. The second-order valence-corrected chi connectivity index (χ2v) is 5.88. The van der Waals surface area contributed by atoms with Crippen LogP contribution in [0.5, 0.6) is 0 Å². The van der Waals surface area contributed by atoms with E-state index in [9.17, 15) is 22.8 Å². The number of halogens is 3. The van der Waals surface area contributed by atoms with Gasteiger partial charge in [-0.3, -0.25) is 4.79 Å². The maximum absolute atomic E-state index is 13.0. The largest absolute Gasteiger partial charge is 0.478 e. The third kappa shape index (κ3) is 2.80. The van der Waals surface area contributed by atoms with Gasteiger partial charge in [0.15, 0.2) is 0 Å². The smallest absolute Gasteiger partial charge is 0.394 e. The Morgan fingerprint density at radius 2 is 1.86 bits per heavy atom. The Bertz CT molecular complexity index is 610. The van der Waals surface area contributed by atoms with Crippen LogP contribution in [-0.4, -0.2) is 40.1 Å². The molecule has 0 unspecified atom stereocenters. The van der Waals surface area contributed by atoms with Gasteiger partial charge >= 0.3 is 12.1 Å². The molecule has 0 radical (unpaired) electrons. The van der Waals surface area contributed by atoms with Crippen LogP contribution in [0.25, 0.3) is 0 Å². The maximum atomic E-state index is 13.0. The summed E-state index contributed by atoms with van der Waals surface area (Å²) in [5.41, 5.74) is -1.36. The number of carboxylic acid groups (broad SMARTS) is 1. The summed E-state index contributed by atoms with van der Waals surface area (Å²) in [5, 5.41) is 8.93. The summed E-state index contributed by atoms with van der Waals surface area (Å²) in [6, 6.07) is 5.32. The number of carbonyl (C=O) groups excluding carboxylic acids is 1. The number of rotatable bonds is 2. The van der Waals surface area contributed by atoms with Gasteiger partial charge in [0, 0.05) is 17.6 Å². The molecule has 1 saturated heterocycles. The van der Waals surface area contributed by atoms with Gasteiger partial charge in [-0.1, -0.05) is 6.07 Å². The van der Waals surface area contributed by atoms with E-state index >= 15 is 0 Å². The van der Waals surface area contributed by atoms with E-state index in [0.717, 1.165) is 0 Å². The molecular weight excluding hydrogens is 299 g/mol. The van der Waals surface area contributed by atoms with Crippen molar-refractivity contribution in [2.45, 2.75) is 32.0 Å². The van der Waals surface area contributed by atoms with Gasteiger partial charge in [0.25, 0.3) is 5.91 Å². The summed E-state index contributed by atoms with van der Waals surface area (Å²) in [7, 11) is 0. The number of benzene rings is 1. The molecular formula is C15H16F3NO3. The van der Waals surface area contributed by atoms with Crippen LogP contribution >= 0.6 is 0 Å². The number of carboxylic acids is 1. The van der Waals surface area contributed by atoms with E-state index in [4.69, 9.17) is 5.11 Å². The summed E-state index contributed by atoms with van der Waals surface area (Å²) >= 11 is 0. The van der Waals surface area contributed by atoms with E-state index < -0.39 is 29.5 Å². The molecule has 1 aliphatic heterocycles. The lowest BCUT2D eigenvalue weighted by atomic mass is 9.87. The third-order valence-corrected chi connectivity index (χ3v) is 4.19. The van der Waals surface area contributed by atoms with E-state index in [2.05, 4.69) is 0 Å². The van der Waals surface area contributed by atoms with Crippen LogP contribution in [0.4, 0.5) is 13.2 Å². The molecule has 0 saturated carbocycles. The Balaban J connectivity index is 2.31. The number of alkyl halides is 3. The molecule has 1 aromatic carbocycles. The normalized spacial score (nSPS) is 21.0. The molecule has 1 amide bonds. The zero-order valence-corrected chi connectivity index (χ0v) is 12.1. The fourth-order valence-electron chi connectivity index (χ4n) is 2.96. The first-order chi connectivity index (χ1) is 10.0. The molecule has 0 aliphatic carbocycles. The molecule has 120 valence electrons. The highest BCUT2D eigenvalue weighted by Crippen LogP contribution is 2.45. The molecule has 1 aromatic rings. The fourth-order valence-corrected chi connectivity index (χ4v) is 2.96. The SMILES string of the molecule is CC1(C)[C@H](C(F)(F)F)CCN1C(=O)c1cccc(C(=O)O)c1. The second-order valence-electron chi connectivity index (χ2n) is 5.88. The fraction of sp³-hybridized carbons (Fsp3) is 0.467. The highest BCUT2D eigenvalue weighted by atomic mass is 19.4. The molecule has 0 aromatic heterocycles. The quantitative estimate of drug-likeness (QED) is 0.912. The van der Waals surface area contributed by atoms with E-state index in [1.54, 1.807) is 0 Å². The van der Waals surface area contributed by atoms with E-state index in [0.29, 0.717) is 0 Å². The van der Waals surface area contributed by atoms with Crippen molar-refractivity contribution in [2.24, 2.45) is 5.92 Å². The molecule has 0 bridgehead atoms. The zero-order valence-electron chi connectivity index (χ0n) is 12.1. The van der Waals surface area contributed by atoms with E-state index in [-0.39, 0.29) is 24.1 Å². The highest BCUT2D eigenvalue weighted by Gasteiger charge is 2.56. The molecule has 1 heterocycles. The number of hydrogen-bond donors (Lipinski definition) is 1. The summed E-state index contributed by atoms with van der Waals surface area (Å²) in [6.45, 7) is 2.77. The Kier molecular flexibility index (Phi) is 3.93. The van der Waals surface area contributed by atoms with Gasteiger partial charge in [-0.05, 0) is 38.5 Å². The van der Waals surface area contributed by atoms with Crippen LogP contribution in [-0.2, 0) is 0 Å². The number of hydrogen-bond acceptors (Lipinski definition) is 2. The van der Waals surface area contributed by atoms with Crippen molar-refractivity contribution >= 4 is 11.9 Å². The zero-order chi connectivity index (χ0) is 16.7. The standard InChI is InChI=1S/C15H16F3NO3/c1-14(2)11(15(16,17)18)6-7-19(14)12(20)9-4-3-5-10(8-9)13(21)22/h3-5,8,11H,6-7H2,1-2H3,(H,21,22)/t11-/m1/s1. The lowest BCUT2D eigenvalue weighted by molar-refractivity contribution is -0.189. The molecule has 1 aliphatic rings. The van der Waals surface area contributed by atoms with Crippen molar-refractivity contribution in [2.75, 3.05) is 6.54 Å². The van der Waals surface area contributed by atoms with Gasteiger partial charge < -0.3 is 10.0 Å². The Morgan fingerprint density at radius 3 is 2.36 bits per heavy atom. The molecule has 0 spiro atoms. The van der Waals surface area contributed by atoms with Crippen LogP contribution in [0.15, 0.2) is 24.3 Å². The van der Waals surface area contributed by atoms with Crippen molar-refractivity contribution in [1.82, 2.24) is 4.90 Å². The molecule has 22 heavy (non-hydrogen) atoms. The van der Waals surface area contributed by atoms with Crippen LogP contribution in [0.1, 0.15) is 41.0 Å².